The van der Waals surface area contributed by atoms with Crippen LogP contribution in [0, 0.1) is 6.92 Å². The molecule has 6 heteroatoms. The van der Waals surface area contributed by atoms with Crippen molar-refractivity contribution in [3.63, 3.8) is 0 Å². The molecule has 0 radical (unpaired) electrons. The Hall–Kier alpha value is -1.79. The van der Waals surface area contributed by atoms with Gasteiger partial charge in [-0.25, -0.2) is 5.43 Å². The lowest BCUT2D eigenvalue weighted by atomic mass is 10.1. The predicted molar refractivity (Wildman–Crippen MR) is 63.8 cm³/mol. The van der Waals surface area contributed by atoms with E-state index < -0.39 is 0 Å². The summed E-state index contributed by atoms with van der Waals surface area (Å²) in [4.78, 5) is 8.32. The molecule has 0 aliphatic carbocycles. The Morgan fingerprint density at radius 3 is 2.88 bits per heavy atom. The van der Waals surface area contributed by atoms with Crippen LogP contribution in [0.25, 0.3) is 0 Å². The maximum atomic E-state index is 5.61. The van der Waals surface area contributed by atoms with E-state index in [1.165, 1.54) is 0 Å². The quantitative estimate of drug-likeness (QED) is 0.594. The Bertz CT molecular complexity index is 478. The maximum absolute atomic E-state index is 5.61. The van der Waals surface area contributed by atoms with E-state index in [0.717, 1.165) is 23.6 Å². The second-order valence-corrected chi connectivity index (χ2v) is 3.76. The number of hydrogen-bond donors (Lipinski definition) is 2. The second kappa shape index (κ2) is 5.03. The van der Waals surface area contributed by atoms with Gasteiger partial charge in [-0.15, -0.1) is 0 Å². The van der Waals surface area contributed by atoms with E-state index in [-0.39, 0.29) is 6.04 Å². The van der Waals surface area contributed by atoms with Gasteiger partial charge in [0.05, 0.1) is 23.3 Å². The number of hydrogen-bond acceptors (Lipinski definition) is 5. The number of nitrogens with zero attached hydrogens (tertiary/aromatic N) is 4. The lowest BCUT2D eigenvalue weighted by molar-refractivity contribution is 0.533. The van der Waals surface area contributed by atoms with Gasteiger partial charge in [-0.1, -0.05) is 0 Å². The lowest BCUT2D eigenvalue weighted by Crippen LogP contribution is -2.31. The van der Waals surface area contributed by atoms with Gasteiger partial charge in [-0.2, -0.15) is 5.10 Å². The predicted octanol–water partition coefficient (Wildman–Crippen LogP) is 0.554. The van der Waals surface area contributed by atoms with E-state index in [4.69, 9.17) is 5.84 Å². The van der Waals surface area contributed by atoms with Crippen LogP contribution in [0.3, 0.4) is 0 Å². The summed E-state index contributed by atoms with van der Waals surface area (Å²) in [7, 11) is 0. The molecule has 0 bridgehead atoms. The highest BCUT2D eigenvalue weighted by molar-refractivity contribution is 5.22. The van der Waals surface area contributed by atoms with Crippen LogP contribution in [0.2, 0.25) is 0 Å². The van der Waals surface area contributed by atoms with Crippen LogP contribution in [0.5, 0.6) is 0 Å². The van der Waals surface area contributed by atoms with Crippen LogP contribution >= 0.6 is 0 Å². The van der Waals surface area contributed by atoms with E-state index in [9.17, 15) is 0 Å². The van der Waals surface area contributed by atoms with E-state index in [2.05, 4.69) is 20.5 Å². The average Bonchev–Trinajstić information content (AvgIpc) is 2.73. The van der Waals surface area contributed by atoms with Gasteiger partial charge in [0.15, 0.2) is 0 Å². The highest BCUT2D eigenvalue weighted by Gasteiger charge is 2.18. The van der Waals surface area contributed by atoms with E-state index in [0.29, 0.717) is 0 Å². The smallest absolute Gasteiger partial charge is 0.106 e. The number of nitrogens with two attached hydrogens (primary N) is 1. The van der Waals surface area contributed by atoms with Crippen molar-refractivity contribution in [2.24, 2.45) is 5.84 Å². The molecule has 0 spiro atoms. The van der Waals surface area contributed by atoms with Crippen LogP contribution in [-0.2, 0) is 6.54 Å². The minimum absolute atomic E-state index is 0.190. The first kappa shape index (κ1) is 11.7. The molecule has 3 N–H and O–H groups in total. The molecule has 17 heavy (non-hydrogen) atoms. The van der Waals surface area contributed by atoms with Crippen LogP contribution in [0.1, 0.15) is 30.0 Å². The Morgan fingerprint density at radius 2 is 2.29 bits per heavy atom. The van der Waals surface area contributed by atoms with Gasteiger partial charge in [0.25, 0.3) is 0 Å². The fourth-order valence-corrected chi connectivity index (χ4v) is 1.83. The highest BCUT2D eigenvalue weighted by Crippen LogP contribution is 2.19. The van der Waals surface area contributed by atoms with Crippen LogP contribution < -0.4 is 11.3 Å². The van der Waals surface area contributed by atoms with Gasteiger partial charge in [0.2, 0.25) is 0 Å². The summed E-state index contributed by atoms with van der Waals surface area (Å²) >= 11 is 0. The number of rotatable bonds is 4. The first-order valence-electron chi connectivity index (χ1n) is 5.52. The molecule has 0 amide bonds. The third kappa shape index (κ3) is 2.32. The van der Waals surface area contributed by atoms with Crippen molar-refractivity contribution in [1.82, 2.24) is 25.2 Å². The Labute approximate surface area is 99.9 Å². The van der Waals surface area contributed by atoms with Crippen molar-refractivity contribution < 1.29 is 0 Å². The maximum Gasteiger partial charge on any atom is 0.106 e. The van der Waals surface area contributed by atoms with Crippen LogP contribution in [0.15, 0.2) is 24.7 Å². The number of aromatic nitrogens is 4. The Balaban J connectivity index is 2.42. The summed E-state index contributed by atoms with van der Waals surface area (Å²) in [6, 6.07) is 1.81. The van der Waals surface area contributed by atoms with Crippen molar-refractivity contribution in [1.29, 1.82) is 0 Å². The zero-order valence-electron chi connectivity index (χ0n) is 9.96. The minimum atomic E-state index is -0.190. The number of nitrogens with one attached hydrogen (secondary N) is 1. The molecule has 90 valence electrons. The monoisotopic (exact) mass is 232 g/mol. The molecule has 2 rings (SSSR count). The van der Waals surface area contributed by atoms with Crippen LogP contribution in [-0.4, -0.2) is 19.7 Å². The minimum Gasteiger partial charge on any atom is -0.270 e. The molecule has 0 aromatic carbocycles. The molecule has 2 heterocycles. The fraction of sp³-hybridized carbons (Fsp3) is 0.364. The van der Waals surface area contributed by atoms with E-state index >= 15 is 0 Å². The summed E-state index contributed by atoms with van der Waals surface area (Å²) in [5.74, 6) is 5.61. The summed E-state index contributed by atoms with van der Waals surface area (Å²) in [6.45, 7) is 4.79. The Morgan fingerprint density at radius 1 is 1.47 bits per heavy atom. The first-order chi connectivity index (χ1) is 8.26. The van der Waals surface area contributed by atoms with Crippen molar-refractivity contribution in [2.75, 3.05) is 0 Å². The molecule has 1 unspecified atom stereocenters. The average molecular weight is 232 g/mol. The largest absolute Gasteiger partial charge is 0.270 e. The van der Waals surface area contributed by atoms with Gasteiger partial charge in [-0.05, 0) is 19.9 Å². The molecule has 0 saturated carbocycles. The third-order valence-electron chi connectivity index (χ3n) is 2.57. The molecular formula is C11H16N6. The van der Waals surface area contributed by atoms with Gasteiger partial charge in [-0.3, -0.25) is 20.5 Å². The van der Waals surface area contributed by atoms with Crippen molar-refractivity contribution in [2.45, 2.75) is 26.4 Å². The van der Waals surface area contributed by atoms with Gasteiger partial charge >= 0.3 is 0 Å². The molecule has 0 aliphatic rings. The fourth-order valence-electron chi connectivity index (χ4n) is 1.83. The summed E-state index contributed by atoms with van der Waals surface area (Å²) in [5, 5.41) is 4.40. The van der Waals surface area contributed by atoms with Gasteiger partial charge in [0.1, 0.15) is 6.04 Å². The SMILES string of the molecule is CCn1nc(C)cc1C(NN)c1cnccn1. The summed E-state index contributed by atoms with van der Waals surface area (Å²) < 4.78 is 1.91. The van der Waals surface area contributed by atoms with Crippen molar-refractivity contribution in [3.8, 4) is 0 Å². The van der Waals surface area contributed by atoms with Gasteiger partial charge < -0.3 is 0 Å². The van der Waals surface area contributed by atoms with E-state index in [1.807, 2.05) is 24.6 Å². The number of hydrazine groups is 1. The third-order valence-corrected chi connectivity index (χ3v) is 2.57. The molecular weight excluding hydrogens is 216 g/mol. The zero-order valence-corrected chi connectivity index (χ0v) is 9.96. The molecule has 2 aromatic heterocycles. The first-order valence-corrected chi connectivity index (χ1v) is 5.52. The molecule has 0 saturated heterocycles. The van der Waals surface area contributed by atoms with E-state index in [1.54, 1.807) is 18.6 Å². The molecule has 0 fully saturated rings. The standard InChI is InChI=1S/C11H16N6/c1-3-17-10(6-8(2)16-17)11(15-12)9-7-13-4-5-14-9/h4-7,11,15H,3,12H2,1-2H3. The highest BCUT2D eigenvalue weighted by atomic mass is 15.3. The normalized spacial score (nSPS) is 12.6. The topological polar surface area (TPSA) is 81.7 Å². The van der Waals surface area contributed by atoms with Crippen molar-refractivity contribution in [3.05, 3.63) is 41.7 Å². The number of aryl methyl sites for hydroxylation is 2. The molecule has 2 aromatic rings. The molecule has 6 nitrogen and oxygen atoms in total. The zero-order chi connectivity index (χ0) is 12.3. The summed E-state index contributed by atoms with van der Waals surface area (Å²) in [6.07, 6.45) is 4.99. The van der Waals surface area contributed by atoms with Crippen LogP contribution in [0.4, 0.5) is 0 Å². The molecule has 1 atom stereocenters. The lowest BCUT2D eigenvalue weighted by Gasteiger charge is -2.15. The molecule has 0 aliphatic heterocycles. The van der Waals surface area contributed by atoms with Crippen molar-refractivity contribution >= 4 is 0 Å². The Kier molecular flexibility index (Phi) is 3.46. The second-order valence-electron chi connectivity index (χ2n) is 3.76. The van der Waals surface area contributed by atoms with Gasteiger partial charge in [0, 0.05) is 18.9 Å². The summed E-state index contributed by atoms with van der Waals surface area (Å²) in [5.41, 5.74) is 5.50.